The van der Waals surface area contributed by atoms with Gasteiger partial charge in [0.25, 0.3) is 0 Å². The van der Waals surface area contributed by atoms with Gasteiger partial charge in [-0.05, 0) is 11.6 Å². The molecular weight excluding hydrogens is 407 g/mol. The molecular formula is C19H26F3N3O5. The molecule has 0 saturated carbocycles. The molecule has 0 aromatic carbocycles. The first-order valence-corrected chi connectivity index (χ1v) is 9.75. The van der Waals surface area contributed by atoms with E-state index in [2.05, 4.69) is 15.6 Å². The molecule has 5 unspecified atom stereocenters. The zero-order valence-corrected chi connectivity index (χ0v) is 16.5. The summed E-state index contributed by atoms with van der Waals surface area (Å²) in [6, 6.07) is 0.932. The predicted molar refractivity (Wildman–Crippen MR) is 98.4 cm³/mol. The van der Waals surface area contributed by atoms with Crippen molar-refractivity contribution >= 4 is 5.91 Å². The average molecular weight is 433 g/mol. The number of ether oxygens (including phenoxy) is 3. The zero-order chi connectivity index (χ0) is 21.7. The smallest absolute Gasteiger partial charge is 0.388 e. The van der Waals surface area contributed by atoms with Gasteiger partial charge in [0.15, 0.2) is 0 Å². The van der Waals surface area contributed by atoms with Crippen LogP contribution in [0.4, 0.5) is 13.2 Å². The monoisotopic (exact) mass is 433 g/mol. The fraction of sp³-hybridized carbons (Fsp3) is 0.684. The predicted octanol–water partition coefficient (Wildman–Crippen LogP) is 0.629. The number of pyridine rings is 1. The number of hydrogen-bond acceptors (Lipinski definition) is 7. The maximum absolute atomic E-state index is 13.0. The molecule has 8 nitrogen and oxygen atoms in total. The molecule has 2 aliphatic rings. The van der Waals surface area contributed by atoms with Gasteiger partial charge in [0.2, 0.25) is 5.91 Å². The van der Waals surface area contributed by atoms with Crippen molar-refractivity contribution in [1.29, 1.82) is 0 Å². The van der Waals surface area contributed by atoms with E-state index in [1.54, 1.807) is 7.11 Å². The van der Waals surface area contributed by atoms with Crippen molar-refractivity contribution < 1.29 is 37.3 Å². The highest BCUT2D eigenvalue weighted by molar-refractivity contribution is 5.76. The fourth-order valence-corrected chi connectivity index (χ4v) is 3.77. The van der Waals surface area contributed by atoms with Crippen molar-refractivity contribution in [2.45, 2.75) is 56.1 Å². The maximum Gasteiger partial charge on any atom is 0.416 e. The molecule has 3 N–H and O–H groups in total. The highest BCUT2D eigenvalue weighted by atomic mass is 19.4. The van der Waals surface area contributed by atoms with Crippen molar-refractivity contribution in [3.8, 4) is 0 Å². The van der Waals surface area contributed by atoms with Gasteiger partial charge in [0.1, 0.15) is 12.2 Å². The van der Waals surface area contributed by atoms with E-state index in [-0.39, 0.29) is 43.2 Å². The molecule has 1 amide bonds. The van der Waals surface area contributed by atoms with E-state index >= 15 is 0 Å². The maximum atomic E-state index is 13.0. The minimum Gasteiger partial charge on any atom is -0.388 e. The third-order valence-corrected chi connectivity index (χ3v) is 5.19. The molecule has 1 aromatic heterocycles. The van der Waals surface area contributed by atoms with Crippen LogP contribution < -0.4 is 10.6 Å². The van der Waals surface area contributed by atoms with Crippen LogP contribution in [0.15, 0.2) is 18.5 Å². The molecule has 2 fully saturated rings. The van der Waals surface area contributed by atoms with Crippen molar-refractivity contribution in [1.82, 2.24) is 15.6 Å². The van der Waals surface area contributed by atoms with E-state index in [1.807, 2.05) is 0 Å². The summed E-state index contributed by atoms with van der Waals surface area (Å²) in [5, 5.41) is 16.1. The van der Waals surface area contributed by atoms with Crippen molar-refractivity contribution in [3.63, 3.8) is 0 Å². The van der Waals surface area contributed by atoms with Gasteiger partial charge in [-0.3, -0.25) is 9.78 Å². The number of aliphatic hydroxyl groups is 1. The summed E-state index contributed by atoms with van der Waals surface area (Å²) in [5.74, 6) is -0.165. The molecule has 2 aliphatic heterocycles. The van der Waals surface area contributed by atoms with Gasteiger partial charge in [-0.1, -0.05) is 0 Å². The Morgan fingerprint density at radius 1 is 1.40 bits per heavy atom. The lowest BCUT2D eigenvalue weighted by atomic mass is 10.1. The number of aromatic nitrogens is 1. The Bertz CT molecular complexity index is 721. The number of aliphatic hydroxyl groups excluding tert-OH is 1. The Kier molecular flexibility index (Phi) is 7.64. The van der Waals surface area contributed by atoms with Crippen LogP contribution >= 0.6 is 0 Å². The largest absolute Gasteiger partial charge is 0.416 e. The first-order valence-electron chi connectivity index (χ1n) is 9.75. The number of nitrogens with zero attached hydrogens (tertiary/aromatic N) is 1. The van der Waals surface area contributed by atoms with E-state index < -0.39 is 30.1 Å². The normalized spacial score (nSPS) is 28.5. The molecule has 0 radical (unpaired) electrons. The molecule has 1 aromatic rings. The summed E-state index contributed by atoms with van der Waals surface area (Å²) in [5.41, 5.74) is -0.724. The SMILES string of the molecule is COCCNC(=O)CC1CC2OC(CNCc3cnccc3C(F)(F)F)C(O)C2O1. The lowest BCUT2D eigenvalue weighted by molar-refractivity contribution is -0.138. The Morgan fingerprint density at radius 2 is 2.20 bits per heavy atom. The molecule has 3 heterocycles. The summed E-state index contributed by atoms with van der Waals surface area (Å²) < 4.78 is 55.6. The summed E-state index contributed by atoms with van der Waals surface area (Å²) in [6.45, 7) is 0.929. The summed E-state index contributed by atoms with van der Waals surface area (Å²) in [4.78, 5) is 15.6. The number of nitrogens with one attached hydrogen (secondary N) is 2. The van der Waals surface area contributed by atoms with E-state index in [0.717, 1.165) is 12.3 Å². The topological polar surface area (TPSA) is 102 Å². The quantitative estimate of drug-likeness (QED) is 0.491. The highest BCUT2D eigenvalue weighted by Gasteiger charge is 2.50. The Labute approximate surface area is 172 Å². The lowest BCUT2D eigenvalue weighted by Gasteiger charge is -2.20. The number of halogens is 3. The van der Waals surface area contributed by atoms with Crippen LogP contribution in [0.25, 0.3) is 0 Å². The third-order valence-electron chi connectivity index (χ3n) is 5.19. The van der Waals surface area contributed by atoms with Gasteiger partial charge in [-0.25, -0.2) is 0 Å². The van der Waals surface area contributed by atoms with Crippen molar-refractivity contribution in [3.05, 3.63) is 29.6 Å². The number of rotatable bonds is 9. The molecule has 3 rings (SSSR count). The third kappa shape index (κ3) is 5.67. The van der Waals surface area contributed by atoms with Crippen LogP contribution in [0.2, 0.25) is 0 Å². The zero-order valence-electron chi connectivity index (χ0n) is 16.5. The van der Waals surface area contributed by atoms with Gasteiger partial charge < -0.3 is 30.0 Å². The van der Waals surface area contributed by atoms with E-state index in [4.69, 9.17) is 14.2 Å². The second-order valence-corrected chi connectivity index (χ2v) is 7.37. The first kappa shape index (κ1) is 22.9. The van der Waals surface area contributed by atoms with Crippen LogP contribution in [0.3, 0.4) is 0 Å². The van der Waals surface area contributed by atoms with Gasteiger partial charge in [0, 0.05) is 45.6 Å². The summed E-state index contributed by atoms with van der Waals surface area (Å²) in [6.07, 6.45) is -4.36. The van der Waals surface area contributed by atoms with Crippen LogP contribution in [0.1, 0.15) is 24.0 Å². The molecule has 0 spiro atoms. The van der Waals surface area contributed by atoms with E-state index in [1.165, 1.54) is 6.20 Å². The Balaban J connectivity index is 1.44. The van der Waals surface area contributed by atoms with Gasteiger partial charge >= 0.3 is 6.18 Å². The van der Waals surface area contributed by atoms with Crippen LogP contribution in [0, 0.1) is 0 Å². The fourth-order valence-electron chi connectivity index (χ4n) is 3.77. The van der Waals surface area contributed by atoms with Gasteiger partial charge in [-0.15, -0.1) is 0 Å². The molecule has 168 valence electrons. The number of hydrogen-bond donors (Lipinski definition) is 3. The number of fused-ring (bicyclic) bond motifs is 1. The summed E-state index contributed by atoms with van der Waals surface area (Å²) >= 11 is 0. The minimum absolute atomic E-state index is 0.0217. The number of carbonyl (C=O) groups excluding carboxylic acids is 1. The standard InChI is InChI=1S/C19H26F3N3O5/c1-28-5-4-25-16(26)7-12-6-14-18(29-12)17(27)15(30-14)10-24-9-11-8-23-3-2-13(11)19(20,21)22/h2-3,8,12,14-15,17-18,24,27H,4-7,9-10H2,1H3,(H,25,26). The lowest BCUT2D eigenvalue weighted by Crippen LogP contribution is -2.39. The van der Waals surface area contributed by atoms with Gasteiger partial charge in [-0.2, -0.15) is 13.2 Å². The number of carbonyl (C=O) groups is 1. The van der Waals surface area contributed by atoms with Crippen molar-refractivity contribution in [2.24, 2.45) is 0 Å². The number of alkyl halides is 3. The second kappa shape index (κ2) is 10.0. The Hall–Kier alpha value is -1.79. The average Bonchev–Trinajstić information content (AvgIpc) is 3.20. The summed E-state index contributed by atoms with van der Waals surface area (Å²) in [7, 11) is 1.55. The molecule has 0 bridgehead atoms. The van der Waals surface area contributed by atoms with Crippen LogP contribution in [-0.4, -0.2) is 73.3 Å². The number of methoxy groups -OCH3 is 1. The second-order valence-electron chi connectivity index (χ2n) is 7.37. The molecule has 5 atom stereocenters. The molecule has 30 heavy (non-hydrogen) atoms. The number of amides is 1. The highest BCUT2D eigenvalue weighted by Crippen LogP contribution is 2.35. The van der Waals surface area contributed by atoms with Crippen molar-refractivity contribution in [2.75, 3.05) is 26.8 Å². The van der Waals surface area contributed by atoms with Crippen LogP contribution in [0.5, 0.6) is 0 Å². The molecule has 11 heteroatoms. The molecule has 2 saturated heterocycles. The van der Waals surface area contributed by atoms with E-state index in [9.17, 15) is 23.1 Å². The van der Waals surface area contributed by atoms with Gasteiger partial charge in [0.05, 0.1) is 36.9 Å². The molecule has 0 aliphatic carbocycles. The van der Waals surface area contributed by atoms with Crippen LogP contribution in [-0.2, 0) is 31.7 Å². The Morgan fingerprint density at radius 3 is 2.90 bits per heavy atom. The first-order chi connectivity index (χ1) is 14.3. The minimum atomic E-state index is -4.46. The van der Waals surface area contributed by atoms with E-state index in [0.29, 0.717) is 19.6 Å².